The summed E-state index contributed by atoms with van der Waals surface area (Å²) in [5, 5.41) is 7.09. The lowest BCUT2D eigenvalue weighted by atomic mass is 10.2. The van der Waals surface area contributed by atoms with Gasteiger partial charge in [-0.15, -0.1) is 0 Å². The van der Waals surface area contributed by atoms with E-state index < -0.39 is 0 Å². The summed E-state index contributed by atoms with van der Waals surface area (Å²) in [5.41, 5.74) is 8.96. The van der Waals surface area contributed by atoms with Crippen LogP contribution in [0.1, 0.15) is 29.7 Å². The maximum Gasteiger partial charge on any atom is 0.287 e. The van der Waals surface area contributed by atoms with Crippen molar-refractivity contribution in [3.63, 3.8) is 0 Å². The summed E-state index contributed by atoms with van der Waals surface area (Å²) in [6.07, 6.45) is 3.67. The molecule has 3 heterocycles. The van der Waals surface area contributed by atoms with Crippen molar-refractivity contribution in [2.24, 2.45) is 0 Å². The van der Waals surface area contributed by atoms with Gasteiger partial charge in [-0.25, -0.2) is 14.5 Å². The van der Waals surface area contributed by atoms with Gasteiger partial charge in [-0.3, -0.25) is 4.79 Å². The number of nitrogen functional groups attached to an aromatic ring is 1. The topological polar surface area (TPSA) is 123 Å². The molecule has 0 fully saturated rings. The third-order valence-corrected chi connectivity index (χ3v) is 4.35. The maximum atomic E-state index is 12.5. The summed E-state index contributed by atoms with van der Waals surface area (Å²) >= 11 is 0. The Morgan fingerprint density at radius 1 is 1.41 bits per heavy atom. The van der Waals surface area contributed by atoms with Crippen molar-refractivity contribution in [1.29, 1.82) is 0 Å². The quantitative estimate of drug-likeness (QED) is 0.457. The number of fused-ring (bicyclic) bond motifs is 2. The van der Waals surface area contributed by atoms with E-state index in [0.29, 0.717) is 34.7 Å². The lowest BCUT2D eigenvalue weighted by Gasteiger charge is -2.08. The monoisotopic (exact) mass is 389 g/mol. The van der Waals surface area contributed by atoms with E-state index in [0.717, 1.165) is 5.52 Å². The molecule has 0 saturated carbocycles. The van der Waals surface area contributed by atoms with Gasteiger partial charge in [-0.1, -0.05) is 12.0 Å². The van der Waals surface area contributed by atoms with E-state index in [4.69, 9.17) is 10.5 Å². The molecule has 0 bridgehead atoms. The maximum absolute atomic E-state index is 12.5. The first-order valence-corrected chi connectivity index (χ1v) is 8.97. The smallest absolute Gasteiger partial charge is 0.287 e. The molecule has 4 rings (SSSR count). The number of hydrogen-bond donors (Lipinski definition) is 3. The Morgan fingerprint density at radius 2 is 2.28 bits per heavy atom. The summed E-state index contributed by atoms with van der Waals surface area (Å²) in [6, 6.07) is 6.98. The van der Waals surface area contributed by atoms with Crippen molar-refractivity contribution in [3.8, 4) is 17.6 Å². The molecule has 3 aromatic heterocycles. The molecule has 4 aromatic rings. The van der Waals surface area contributed by atoms with Gasteiger partial charge in [0.1, 0.15) is 17.0 Å². The van der Waals surface area contributed by atoms with E-state index in [9.17, 15) is 4.79 Å². The normalized spacial score (nSPS) is 11.8. The summed E-state index contributed by atoms with van der Waals surface area (Å²) in [4.78, 5) is 24.1. The van der Waals surface area contributed by atoms with Gasteiger partial charge in [-0.05, 0) is 31.0 Å². The highest BCUT2D eigenvalue weighted by Gasteiger charge is 2.15. The second kappa shape index (κ2) is 7.52. The van der Waals surface area contributed by atoms with Crippen LogP contribution >= 0.6 is 0 Å². The highest BCUT2D eigenvalue weighted by Crippen LogP contribution is 2.22. The number of aromatic amines is 1. The highest BCUT2D eigenvalue weighted by molar-refractivity contribution is 5.95. The number of nitrogens with two attached hydrogens (primary N) is 1. The Bertz CT molecular complexity index is 1260. The largest absolute Gasteiger partial charge is 0.494 e. The van der Waals surface area contributed by atoms with Gasteiger partial charge < -0.3 is 20.8 Å². The number of nitrogens with zero attached hydrogens (tertiary/aromatic N) is 4. The van der Waals surface area contributed by atoms with E-state index in [1.807, 2.05) is 19.1 Å². The van der Waals surface area contributed by atoms with Crippen LogP contribution in [0.25, 0.3) is 16.7 Å². The summed E-state index contributed by atoms with van der Waals surface area (Å²) < 4.78 is 6.87. The van der Waals surface area contributed by atoms with Gasteiger partial charge in [0.25, 0.3) is 5.91 Å². The predicted octanol–water partition coefficient (Wildman–Crippen LogP) is 1.76. The molecule has 146 valence electrons. The van der Waals surface area contributed by atoms with E-state index in [1.165, 1.54) is 0 Å². The van der Waals surface area contributed by atoms with Gasteiger partial charge in [-0.2, -0.15) is 5.10 Å². The standard InChI is InChI=1S/C20H19N7O2/c1-12(5-3-6-13-11-22-19-14(21)9-10-23-27(13)19)24-20(28)18-25-15-7-4-8-16(29-2)17(15)26-18/h4,7-12H,5,21H2,1-2H3,(H,24,28)(H,25,26). The fourth-order valence-corrected chi connectivity index (χ4v) is 2.92. The number of methoxy groups -OCH3 is 1. The van der Waals surface area contributed by atoms with Crippen LogP contribution in [0.5, 0.6) is 5.75 Å². The lowest BCUT2D eigenvalue weighted by Crippen LogP contribution is -2.32. The molecule has 29 heavy (non-hydrogen) atoms. The zero-order valence-electron chi connectivity index (χ0n) is 15.9. The zero-order chi connectivity index (χ0) is 20.4. The van der Waals surface area contributed by atoms with E-state index in [-0.39, 0.29) is 17.8 Å². The molecule has 1 atom stereocenters. The van der Waals surface area contributed by atoms with Crippen molar-refractivity contribution in [2.75, 3.05) is 12.8 Å². The average molecular weight is 389 g/mol. The number of benzene rings is 1. The number of para-hydroxylation sites is 1. The molecule has 0 saturated heterocycles. The lowest BCUT2D eigenvalue weighted by molar-refractivity contribution is 0.0931. The summed E-state index contributed by atoms with van der Waals surface area (Å²) in [6.45, 7) is 1.88. The van der Waals surface area contributed by atoms with Crippen LogP contribution in [0.15, 0.2) is 36.7 Å². The van der Waals surface area contributed by atoms with Gasteiger partial charge in [0.15, 0.2) is 11.5 Å². The van der Waals surface area contributed by atoms with E-state index in [1.54, 1.807) is 36.2 Å². The minimum Gasteiger partial charge on any atom is -0.494 e. The molecule has 0 aliphatic carbocycles. The fourth-order valence-electron chi connectivity index (χ4n) is 2.92. The Labute approximate surface area is 166 Å². The first kappa shape index (κ1) is 18.3. The van der Waals surface area contributed by atoms with Crippen LogP contribution in [0, 0.1) is 11.8 Å². The zero-order valence-corrected chi connectivity index (χ0v) is 15.9. The third-order valence-electron chi connectivity index (χ3n) is 4.35. The third kappa shape index (κ3) is 3.55. The highest BCUT2D eigenvalue weighted by atomic mass is 16.5. The number of anilines is 1. The van der Waals surface area contributed by atoms with Crippen molar-refractivity contribution >= 4 is 28.3 Å². The van der Waals surface area contributed by atoms with Crippen molar-refractivity contribution in [2.45, 2.75) is 19.4 Å². The number of H-pyrrole nitrogens is 1. The molecule has 4 N–H and O–H groups in total. The molecule has 1 aromatic carbocycles. The second-order valence-electron chi connectivity index (χ2n) is 6.49. The van der Waals surface area contributed by atoms with Gasteiger partial charge >= 0.3 is 0 Å². The number of amides is 1. The number of carbonyl (C=O) groups excluding carboxylic acids is 1. The molecular weight excluding hydrogens is 370 g/mol. The number of aromatic nitrogens is 5. The molecule has 9 nitrogen and oxygen atoms in total. The van der Waals surface area contributed by atoms with Crippen LogP contribution in [-0.4, -0.2) is 43.6 Å². The van der Waals surface area contributed by atoms with Gasteiger partial charge in [0.2, 0.25) is 0 Å². The van der Waals surface area contributed by atoms with Crippen molar-refractivity contribution in [3.05, 3.63) is 48.2 Å². The average Bonchev–Trinajstić information content (AvgIpc) is 3.33. The van der Waals surface area contributed by atoms with Crippen LogP contribution in [0.4, 0.5) is 5.69 Å². The molecule has 0 aliphatic rings. The number of imidazole rings is 2. The first-order valence-electron chi connectivity index (χ1n) is 8.97. The number of rotatable bonds is 4. The molecule has 0 aliphatic heterocycles. The number of carbonyl (C=O) groups is 1. The molecular formula is C20H19N7O2. The van der Waals surface area contributed by atoms with Crippen molar-refractivity contribution in [1.82, 2.24) is 29.9 Å². The number of ether oxygens (including phenoxy) is 1. The van der Waals surface area contributed by atoms with Crippen molar-refractivity contribution < 1.29 is 9.53 Å². The first-order chi connectivity index (χ1) is 14.1. The van der Waals surface area contributed by atoms with Crippen LogP contribution < -0.4 is 15.8 Å². The van der Waals surface area contributed by atoms with E-state index >= 15 is 0 Å². The molecule has 0 spiro atoms. The Balaban J connectivity index is 1.44. The number of hydrogen-bond acceptors (Lipinski definition) is 6. The van der Waals surface area contributed by atoms with E-state index in [2.05, 4.69) is 37.2 Å². The van der Waals surface area contributed by atoms with Crippen LogP contribution in [0.2, 0.25) is 0 Å². The summed E-state index contributed by atoms with van der Waals surface area (Å²) in [7, 11) is 1.57. The SMILES string of the molecule is COc1cccc2[nH]c(C(=O)NC(C)CC#Cc3cnc4c(N)ccnn34)nc12. The fraction of sp³-hybridized carbons (Fsp3) is 0.200. The van der Waals surface area contributed by atoms with Gasteiger partial charge in [0, 0.05) is 12.5 Å². The van der Waals surface area contributed by atoms with Crippen LogP contribution in [-0.2, 0) is 0 Å². The molecule has 0 radical (unpaired) electrons. The molecule has 1 amide bonds. The second-order valence-corrected chi connectivity index (χ2v) is 6.49. The Morgan fingerprint density at radius 3 is 3.10 bits per heavy atom. The van der Waals surface area contributed by atoms with Gasteiger partial charge in [0.05, 0.1) is 30.7 Å². The molecule has 9 heteroatoms. The predicted molar refractivity (Wildman–Crippen MR) is 108 cm³/mol. The molecule has 1 unspecified atom stereocenters. The Kier molecular flexibility index (Phi) is 4.75. The summed E-state index contributed by atoms with van der Waals surface area (Å²) in [5.74, 6) is 6.59. The Hall–Kier alpha value is -4.06. The number of nitrogens with one attached hydrogen (secondary N) is 2. The minimum absolute atomic E-state index is 0.178. The minimum atomic E-state index is -0.304. The van der Waals surface area contributed by atoms with Crippen LogP contribution in [0.3, 0.4) is 0 Å².